The number of methoxy groups -OCH3 is 1. The van der Waals surface area contributed by atoms with Crippen molar-refractivity contribution >= 4 is 17.0 Å². The number of nitrogens with two attached hydrogens (primary N) is 1. The molecule has 21 heavy (non-hydrogen) atoms. The molecule has 2 heterocycles. The fourth-order valence-electron chi connectivity index (χ4n) is 2.05. The monoisotopic (exact) mass is 299 g/mol. The Morgan fingerprint density at radius 2 is 2.14 bits per heavy atom. The molecule has 5 nitrogen and oxygen atoms in total. The van der Waals surface area contributed by atoms with Gasteiger partial charge in [0, 0.05) is 17.3 Å². The van der Waals surface area contributed by atoms with E-state index in [0.29, 0.717) is 28.5 Å². The minimum atomic E-state index is -0.215. The summed E-state index contributed by atoms with van der Waals surface area (Å²) in [5, 5.41) is 1.93. The van der Waals surface area contributed by atoms with Crippen LogP contribution in [0.5, 0.6) is 5.75 Å². The zero-order valence-corrected chi connectivity index (χ0v) is 12.1. The third-order valence-electron chi connectivity index (χ3n) is 3.00. The number of thiophene rings is 1. The summed E-state index contributed by atoms with van der Waals surface area (Å²) in [5.74, 6) is 1.16. The Bertz CT molecular complexity index is 825. The molecular formula is C15H13N3O2S. The standard InChI is InChI=1S/C15H13N3O2S/c1-20-12-5-4-9(16)7-10(12)11-8-14(19)18-15(17-11)13-3-2-6-21-13/h2-8H,16H2,1H3,(H,17,18,19). The topological polar surface area (TPSA) is 81.0 Å². The third-order valence-corrected chi connectivity index (χ3v) is 3.87. The Balaban J connectivity index is 2.20. The number of nitrogens with one attached hydrogen (secondary N) is 1. The average molecular weight is 299 g/mol. The highest BCUT2D eigenvalue weighted by molar-refractivity contribution is 7.13. The first-order valence-electron chi connectivity index (χ1n) is 6.26. The van der Waals surface area contributed by atoms with Crippen LogP contribution in [0.2, 0.25) is 0 Å². The molecule has 0 aliphatic carbocycles. The lowest BCUT2D eigenvalue weighted by Crippen LogP contribution is -2.08. The highest BCUT2D eigenvalue weighted by atomic mass is 32.1. The first-order valence-corrected chi connectivity index (χ1v) is 7.14. The van der Waals surface area contributed by atoms with Crippen LogP contribution in [0.4, 0.5) is 5.69 Å². The molecule has 0 aliphatic rings. The summed E-state index contributed by atoms with van der Waals surface area (Å²) in [6.07, 6.45) is 0. The molecular weight excluding hydrogens is 286 g/mol. The number of ether oxygens (including phenoxy) is 1. The van der Waals surface area contributed by atoms with Crippen molar-refractivity contribution in [3.63, 3.8) is 0 Å². The normalized spacial score (nSPS) is 10.5. The number of hydrogen-bond donors (Lipinski definition) is 2. The summed E-state index contributed by atoms with van der Waals surface area (Å²) < 4.78 is 5.32. The molecule has 0 radical (unpaired) electrons. The molecule has 0 fully saturated rings. The molecule has 0 saturated heterocycles. The smallest absolute Gasteiger partial charge is 0.251 e. The molecule has 0 spiro atoms. The predicted molar refractivity (Wildman–Crippen MR) is 84.6 cm³/mol. The van der Waals surface area contributed by atoms with Gasteiger partial charge in [0.25, 0.3) is 5.56 Å². The van der Waals surface area contributed by atoms with Crippen molar-refractivity contribution in [3.05, 3.63) is 52.1 Å². The highest BCUT2D eigenvalue weighted by Crippen LogP contribution is 2.31. The maximum atomic E-state index is 11.9. The molecule has 0 amide bonds. The van der Waals surface area contributed by atoms with E-state index in [1.165, 1.54) is 17.4 Å². The van der Waals surface area contributed by atoms with E-state index in [9.17, 15) is 4.79 Å². The summed E-state index contributed by atoms with van der Waals surface area (Å²) in [7, 11) is 1.57. The van der Waals surface area contributed by atoms with Crippen LogP contribution < -0.4 is 16.0 Å². The van der Waals surface area contributed by atoms with Gasteiger partial charge in [-0.1, -0.05) is 6.07 Å². The van der Waals surface area contributed by atoms with Crippen LogP contribution in [0.1, 0.15) is 0 Å². The second kappa shape index (κ2) is 5.41. The minimum absolute atomic E-state index is 0.215. The molecule has 0 atom stereocenters. The Morgan fingerprint density at radius 1 is 1.29 bits per heavy atom. The van der Waals surface area contributed by atoms with Crippen LogP contribution in [0.15, 0.2) is 46.6 Å². The molecule has 3 N–H and O–H groups in total. The maximum Gasteiger partial charge on any atom is 0.251 e. The van der Waals surface area contributed by atoms with Crippen molar-refractivity contribution in [1.29, 1.82) is 0 Å². The second-order valence-electron chi connectivity index (χ2n) is 4.42. The van der Waals surface area contributed by atoms with Gasteiger partial charge in [-0.2, -0.15) is 0 Å². The van der Waals surface area contributed by atoms with E-state index < -0.39 is 0 Å². The first-order chi connectivity index (χ1) is 10.2. The summed E-state index contributed by atoms with van der Waals surface area (Å²) in [5.41, 5.74) is 7.43. The number of hydrogen-bond acceptors (Lipinski definition) is 5. The van der Waals surface area contributed by atoms with Crippen LogP contribution in [-0.2, 0) is 0 Å². The number of aromatic amines is 1. The van der Waals surface area contributed by atoms with Crippen molar-refractivity contribution in [2.45, 2.75) is 0 Å². The number of aromatic nitrogens is 2. The Kier molecular flexibility index (Phi) is 3.45. The van der Waals surface area contributed by atoms with E-state index in [2.05, 4.69) is 9.97 Å². The number of rotatable bonds is 3. The van der Waals surface area contributed by atoms with Gasteiger partial charge >= 0.3 is 0 Å². The zero-order valence-electron chi connectivity index (χ0n) is 11.3. The van der Waals surface area contributed by atoms with Gasteiger partial charge in [-0.05, 0) is 29.6 Å². The van der Waals surface area contributed by atoms with Crippen molar-refractivity contribution < 1.29 is 4.74 Å². The second-order valence-corrected chi connectivity index (χ2v) is 5.36. The minimum Gasteiger partial charge on any atom is -0.496 e. The predicted octanol–water partition coefficient (Wildman–Crippen LogP) is 2.76. The fraction of sp³-hybridized carbons (Fsp3) is 0.0667. The van der Waals surface area contributed by atoms with Crippen molar-refractivity contribution in [2.24, 2.45) is 0 Å². The lowest BCUT2D eigenvalue weighted by molar-refractivity contribution is 0.416. The SMILES string of the molecule is COc1ccc(N)cc1-c1cc(=O)[nH]c(-c2cccs2)n1. The number of nitrogens with zero attached hydrogens (tertiary/aromatic N) is 1. The lowest BCUT2D eigenvalue weighted by atomic mass is 10.1. The van der Waals surface area contributed by atoms with Gasteiger partial charge in [0.2, 0.25) is 0 Å². The molecule has 0 unspecified atom stereocenters. The molecule has 0 saturated carbocycles. The van der Waals surface area contributed by atoms with Gasteiger partial charge < -0.3 is 15.5 Å². The highest BCUT2D eigenvalue weighted by Gasteiger charge is 2.11. The molecule has 0 bridgehead atoms. The zero-order chi connectivity index (χ0) is 14.8. The first kappa shape index (κ1) is 13.4. The average Bonchev–Trinajstić information content (AvgIpc) is 3.01. The van der Waals surface area contributed by atoms with Crippen LogP contribution in [0.25, 0.3) is 22.0 Å². The number of anilines is 1. The Hall–Kier alpha value is -2.60. The van der Waals surface area contributed by atoms with Gasteiger partial charge in [-0.25, -0.2) is 4.98 Å². The van der Waals surface area contributed by atoms with E-state index in [1.54, 1.807) is 25.3 Å². The van der Waals surface area contributed by atoms with Gasteiger partial charge in [0.15, 0.2) is 5.82 Å². The fourth-order valence-corrected chi connectivity index (χ4v) is 2.72. The van der Waals surface area contributed by atoms with Crippen LogP contribution in [0, 0.1) is 0 Å². The molecule has 6 heteroatoms. The molecule has 1 aromatic carbocycles. The molecule has 3 rings (SSSR count). The van der Waals surface area contributed by atoms with Crippen LogP contribution in [-0.4, -0.2) is 17.1 Å². The number of H-pyrrole nitrogens is 1. The van der Waals surface area contributed by atoms with Crippen LogP contribution >= 0.6 is 11.3 Å². The number of benzene rings is 1. The maximum absolute atomic E-state index is 11.9. The molecule has 2 aromatic heterocycles. The van der Waals surface area contributed by atoms with Gasteiger partial charge in [0.05, 0.1) is 17.7 Å². The molecule has 106 valence electrons. The number of nitrogen functional groups attached to an aromatic ring is 1. The van der Waals surface area contributed by atoms with E-state index in [0.717, 1.165) is 4.88 Å². The molecule has 0 aliphatic heterocycles. The summed E-state index contributed by atoms with van der Waals surface area (Å²) in [4.78, 5) is 20.1. The van der Waals surface area contributed by atoms with Crippen LogP contribution in [0.3, 0.4) is 0 Å². The van der Waals surface area contributed by atoms with E-state index in [-0.39, 0.29) is 5.56 Å². The van der Waals surface area contributed by atoms with E-state index in [1.807, 2.05) is 17.5 Å². The lowest BCUT2D eigenvalue weighted by Gasteiger charge is -2.09. The molecule has 3 aromatic rings. The van der Waals surface area contributed by atoms with Gasteiger partial charge in [-0.15, -0.1) is 11.3 Å². The van der Waals surface area contributed by atoms with E-state index >= 15 is 0 Å². The van der Waals surface area contributed by atoms with Crippen molar-refractivity contribution in [2.75, 3.05) is 12.8 Å². The summed E-state index contributed by atoms with van der Waals surface area (Å²) >= 11 is 1.51. The quantitative estimate of drug-likeness (QED) is 0.729. The van der Waals surface area contributed by atoms with Gasteiger partial charge in [-0.3, -0.25) is 4.79 Å². The van der Waals surface area contributed by atoms with Gasteiger partial charge in [0.1, 0.15) is 5.75 Å². The Morgan fingerprint density at radius 3 is 2.86 bits per heavy atom. The summed E-state index contributed by atoms with van der Waals surface area (Å²) in [6, 6.07) is 10.5. The van der Waals surface area contributed by atoms with Crippen molar-refractivity contribution in [1.82, 2.24) is 9.97 Å². The summed E-state index contributed by atoms with van der Waals surface area (Å²) in [6.45, 7) is 0. The van der Waals surface area contributed by atoms with E-state index in [4.69, 9.17) is 10.5 Å². The third kappa shape index (κ3) is 2.66. The van der Waals surface area contributed by atoms with Crippen molar-refractivity contribution in [3.8, 4) is 27.7 Å². The Labute approximate surface area is 125 Å². The largest absolute Gasteiger partial charge is 0.496 e.